The molecule has 0 saturated heterocycles. The summed E-state index contributed by atoms with van der Waals surface area (Å²) in [5.74, 6) is 1.67. The van der Waals surface area contributed by atoms with E-state index in [1.54, 1.807) is 6.92 Å². The molecule has 0 spiro atoms. The molecule has 2 aromatic heterocycles. The van der Waals surface area contributed by atoms with Gasteiger partial charge in [0.15, 0.2) is 12.4 Å². The van der Waals surface area contributed by atoms with Gasteiger partial charge in [-0.2, -0.15) is 4.98 Å². The van der Waals surface area contributed by atoms with Gasteiger partial charge in [0, 0.05) is 12.2 Å². The van der Waals surface area contributed by atoms with Gasteiger partial charge in [-0.15, -0.1) is 0 Å². The highest BCUT2D eigenvalue weighted by molar-refractivity contribution is 5.29. The van der Waals surface area contributed by atoms with Gasteiger partial charge in [0.05, 0.1) is 5.69 Å². The Hall–Kier alpha value is -1.95. The Kier molecular flexibility index (Phi) is 3.34. The van der Waals surface area contributed by atoms with E-state index in [2.05, 4.69) is 15.1 Å². The molecule has 0 unspecified atom stereocenters. The molecule has 17 heavy (non-hydrogen) atoms. The summed E-state index contributed by atoms with van der Waals surface area (Å²) < 4.78 is 10.5. The topological polar surface area (TPSA) is 87.1 Å². The van der Waals surface area contributed by atoms with Gasteiger partial charge in [-0.05, 0) is 26.0 Å². The molecular weight excluding hydrogens is 220 g/mol. The second-order valence-corrected chi connectivity index (χ2v) is 3.63. The lowest BCUT2D eigenvalue weighted by atomic mass is 10.3. The second-order valence-electron chi connectivity index (χ2n) is 3.63. The van der Waals surface area contributed by atoms with E-state index in [-0.39, 0.29) is 6.61 Å². The fourth-order valence-electron chi connectivity index (χ4n) is 1.41. The van der Waals surface area contributed by atoms with Gasteiger partial charge in [0.25, 0.3) is 5.89 Å². The number of ether oxygens (including phenoxy) is 1. The molecule has 0 aromatic carbocycles. The maximum absolute atomic E-state index is 5.60. The van der Waals surface area contributed by atoms with Gasteiger partial charge in [-0.3, -0.25) is 4.98 Å². The lowest BCUT2D eigenvalue weighted by Gasteiger charge is -2.08. The van der Waals surface area contributed by atoms with Crippen molar-refractivity contribution >= 4 is 0 Å². The van der Waals surface area contributed by atoms with Crippen LogP contribution in [0.5, 0.6) is 5.75 Å². The molecule has 0 aliphatic rings. The Bertz CT molecular complexity index is 510. The fraction of sp³-hybridized carbons (Fsp3) is 0.364. The van der Waals surface area contributed by atoms with Gasteiger partial charge in [-0.25, -0.2) is 0 Å². The molecule has 2 heterocycles. The smallest absolute Gasteiger partial charge is 0.264 e. The lowest BCUT2D eigenvalue weighted by molar-refractivity contribution is 0.240. The third-order valence-corrected chi connectivity index (χ3v) is 2.19. The van der Waals surface area contributed by atoms with E-state index >= 15 is 0 Å². The number of nitrogens with zero attached hydrogens (tertiary/aromatic N) is 3. The summed E-state index contributed by atoms with van der Waals surface area (Å²) in [6.07, 6.45) is 0. The minimum atomic E-state index is 0.221. The molecule has 90 valence electrons. The summed E-state index contributed by atoms with van der Waals surface area (Å²) in [7, 11) is 0. The quantitative estimate of drug-likeness (QED) is 0.852. The van der Waals surface area contributed by atoms with E-state index in [1.165, 1.54) is 0 Å². The zero-order chi connectivity index (χ0) is 12.3. The summed E-state index contributed by atoms with van der Waals surface area (Å²) in [4.78, 5) is 8.34. The van der Waals surface area contributed by atoms with E-state index in [0.29, 0.717) is 24.0 Å². The number of hydrogen-bond donors (Lipinski definition) is 1. The summed E-state index contributed by atoms with van der Waals surface area (Å²) in [6.45, 7) is 4.22. The molecule has 0 aliphatic heterocycles. The molecule has 2 aromatic rings. The van der Waals surface area contributed by atoms with Crippen LogP contribution in [-0.4, -0.2) is 15.1 Å². The average Bonchev–Trinajstić information content (AvgIpc) is 2.73. The summed E-state index contributed by atoms with van der Waals surface area (Å²) >= 11 is 0. The minimum Gasteiger partial charge on any atom is -0.482 e. The third kappa shape index (κ3) is 2.79. The van der Waals surface area contributed by atoms with Crippen molar-refractivity contribution in [3.8, 4) is 5.75 Å². The van der Waals surface area contributed by atoms with E-state index in [9.17, 15) is 0 Å². The summed E-state index contributed by atoms with van der Waals surface area (Å²) in [5.41, 5.74) is 7.23. The van der Waals surface area contributed by atoms with Crippen LogP contribution < -0.4 is 10.5 Å². The van der Waals surface area contributed by atoms with Crippen molar-refractivity contribution in [3.63, 3.8) is 0 Å². The Balaban J connectivity index is 2.08. The number of nitrogens with two attached hydrogens (primary N) is 1. The molecular formula is C11H14N4O2. The van der Waals surface area contributed by atoms with Crippen LogP contribution in [0.1, 0.15) is 23.1 Å². The third-order valence-electron chi connectivity index (χ3n) is 2.19. The summed E-state index contributed by atoms with van der Waals surface area (Å²) in [5, 5.41) is 3.68. The van der Waals surface area contributed by atoms with Crippen molar-refractivity contribution in [1.29, 1.82) is 0 Å². The molecule has 0 bridgehead atoms. The van der Waals surface area contributed by atoms with Crippen molar-refractivity contribution in [2.45, 2.75) is 27.0 Å². The van der Waals surface area contributed by atoms with Crippen LogP contribution >= 0.6 is 0 Å². The second kappa shape index (κ2) is 4.92. The van der Waals surface area contributed by atoms with Crippen LogP contribution in [0.2, 0.25) is 0 Å². The molecule has 6 heteroatoms. The Morgan fingerprint density at radius 1 is 1.29 bits per heavy atom. The molecule has 0 aliphatic carbocycles. The predicted octanol–water partition coefficient (Wildman–Crippen LogP) is 1.12. The predicted molar refractivity (Wildman–Crippen MR) is 60.2 cm³/mol. The molecule has 0 amide bonds. The van der Waals surface area contributed by atoms with Crippen molar-refractivity contribution in [2.75, 3.05) is 0 Å². The minimum absolute atomic E-state index is 0.221. The first-order chi connectivity index (χ1) is 8.19. The zero-order valence-electron chi connectivity index (χ0n) is 9.80. The molecule has 0 saturated carbocycles. The molecule has 2 rings (SSSR count). The van der Waals surface area contributed by atoms with Gasteiger partial charge < -0.3 is 15.0 Å². The largest absolute Gasteiger partial charge is 0.482 e. The standard InChI is InChI=1S/C11H14N4O2/c1-7-3-4-10(9(5-12)13-7)16-6-11-14-8(2)15-17-11/h3-4H,5-6,12H2,1-2H3. The molecule has 0 atom stereocenters. The highest BCUT2D eigenvalue weighted by atomic mass is 16.5. The van der Waals surface area contributed by atoms with Gasteiger partial charge in [0.1, 0.15) is 5.75 Å². The lowest BCUT2D eigenvalue weighted by Crippen LogP contribution is -2.06. The molecule has 0 fully saturated rings. The normalized spacial score (nSPS) is 10.5. The first kappa shape index (κ1) is 11.5. The van der Waals surface area contributed by atoms with E-state index in [4.69, 9.17) is 15.0 Å². The van der Waals surface area contributed by atoms with Crippen molar-refractivity contribution < 1.29 is 9.26 Å². The first-order valence-corrected chi connectivity index (χ1v) is 5.27. The van der Waals surface area contributed by atoms with Crippen LogP contribution in [-0.2, 0) is 13.2 Å². The van der Waals surface area contributed by atoms with Gasteiger partial charge >= 0.3 is 0 Å². The maximum atomic E-state index is 5.60. The van der Waals surface area contributed by atoms with E-state index in [0.717, 1.165) is 11.4 Å². The monoisotopic (exact) mass is 234 g/mol. The SMILES string of the molecule is Cc1ccc(OCc2nc(C)no2)c(CN)n1. The summed E-state index contributed by atoms with van der Waals surface area (Å²) in [6, 6.07) is 3.71. The van der Waals surface area contributed by atoms with Crippen molar-refractivity contribution in [2.24, 2.45) is 5.73 Å². The molecule has 6 nitrogen and oxygen atoms in total. The van der Waals surface area contributed by atoms with E-state index < -0.39 is 0 Å². The highest BCUT2D eigenvalue weighted by Crippen LogP contribution is 2.17. The van der Waals surface area contributed by atoms with E-state index in [1.807, 2.05) is 19.1 Å². The molecule has 0 radical (unpaired) electrons. The number of aryl methyl sites for hydroxylation is 2. The van der Waals surface area contributed by atoms with Crippen LogP contribution in [0.4, 0.5) is 0 Å². The van der Waals surface area contributed by atoms with Crippen LogP contribution in [0.15, 0.2) is 16.7 Å². The van der Waals surface area contributed by atoms with Crippen molar-refractivity contribution in [3.05, 3.63) is 35.2 Å². The fourth-order valence-corrected chi connectivity index (χ4v) is 1.41. The van der Waals surface area contributed by atoms with Crippen LogP contribution in [0, 0.1) is 13.8 Å². The van der Waals surface area contributed by atoms with Gasteiger partial charge in [0.2, 0.25) is 0 Å². The number of aromatic nitrogens is 3. The average molecular weight is 234 g/mol. The number of rotatable bonds is 4. The maximum Gasteiger partial charge on any atom is 0.264 e. The number of hydrogen-bond acceptors (Lipinski definition) is 6. The number of pyridine rings is 1. The highest BCUT2D eigenvalue weighted by Gasteiger charge is 2.07. The first-order valence-electron chi connectivity index (χ1n) is 5.27. The Labute approximate surface area is 98.8 Å². The van der Waals surface area contributed by atoms with Crippen LogP contribution in [0.3, 0.4) is 0 Å². The molecule has 2 N–H and O–H groups in total. The Morgan fingerprint density at radius 2 is 2.12 bits per heavy atom. The Morgan fingerprint density at radius 3 is 2.76 bits per heavy atom. The van der Waals surface area contributed by atoms with Crippen LogP contribution in [0.25, 0.3) is 0 Å². The zero-order valence-corrected chi connectivity index (χ0v) is 9.80. The van der Waals surface area contributed by atoms with Crippen molar-refractivity contribution in [1.82, 2.24) is 15.1 Å². The van der Waals surface area contributed by atoms with Gasteiger partial charge in [-0.1, -0.05) is 5.16 Å².